The molecule has 0 spiro atoms. The van der Waals surface area contributed by atoms with Crippen LogP contribution in [0.25, 0.3) is 93.8 Å². The van der Waals surface area contributed by atoms with Crippen LogP contribution in [0.5, 0.6) is 0 Å². The van der Waals surface area contributed by atoms with Crippen molar-refractivity contribution in [2.45, 2.75) is 0 Å². The summed E-state index contributed by atoms with van der Waals surface area (Å²) in [6.07, 6.45) is 2.02. The van der Waals surface area contributed by atoms with E-state index in [0.29, 0.717) is 0 Å². The Labute approximate surface area is 283 Å². The summed E-state index contributed by atoms with van der Waals surface area (Å²) >= 11 is 0. The molecule has 0 saturated heterocycles. The van der Waals surface area contributed by atoms with Gasteiger partial charge in [0, 0.05) is 22.1 Å². The van der Waals surface area contributed by atoms with E-state index in [1.165, 1.54) is 38.0 Å². The van der Waals surface area contributed by atoms with Crippen molar-refractivity contribution in [3.8, 4) is 44.8 Å². The molecule has 228 valence electrons. The van der Waals surface area contributed by atoms with Crippen molar-refractivity contribution < 1.29 is 0 Å². The van der Waals surface area contributed by atoms with Crippen LogP contribution < -0.4 is 0 Å². The van der Waals surface area contributed by atoms with Gasteiger partial charge in [0.25, 0.3) is 0 Å². The second-order valence-corrected chi connectivity index (χ2v) is 12.7. The van der Waals surface area contributed by atoms with Gasteiger partial charge in [-0.1, -0.05) is 121 Å². The lowest BCUT2D eigenvalue weighted by Crippen LogP contribution is -1.92. The number of benzene rings is 7. The lowest BCUT2D eigenvalue weighted by Gasteiger charge is -2.13. The molecule has 0 atom stereocenters. The van der Waals surface area contributed by atoms with Gasteiger partial charge in [0.1, 0.15) is 0 Å². The van der Waals surface area contributed by atoms with Gasteiger partial charge < -0.3 is 4.40 Å². The fraction of sp³-hybridized carbons (Fsp3) is 0. The minimum atomic E-state index is 0.951. The zero-order valence-corrected chi connectivity index (χ0v) is 26.6. The van der Waals surface area contributed by atoms with Crippen molar-refractivity contribution in [2.24, 2.45) is 0 Å². The van der Waals surface area contributed by atoms with Crippen molar-refractivity contribution in [1.82, 2.24) is 14.4 Å². The van der Waals surface area contributed by atoms with E-state index in [4.69, 9.17) is 9.97 Å². The Balaban J connectivity index is 1.19. The van der Waals surface area contributed by atoms with Gasteiger partial charge >= 0.3 is 0 Å². The Morgan fingerprint density at radius 1 is 0.367 bits per heavy atom. The molecule has 3 nitrogen and oxygen atoms in total. The van der Waals surface area contributed by atoms with Crippen molar-refractivity contribution in [3.63, 3.8) is 0 Å². The number of pyridine rings is 1. The Morgan fingerprint density at radius 3 is 1.67 bits per heavy atom. The smallest absolute Gasteiger partial charge is 0.0871 e. The summed E-state index contributed by atoms with van der Waals surface area (Å²) < 4.78 is 2.35. The second kappa shape index (κ2) is 11.0. The lowest BCUT2D eigenvalue weighted by molar-refractivity contribution is 1.27. The number of fused-ring (bicyclic) bond motifs is 7. The molecule has 3 aromatic heterocycles. The minimum Gasteiger partial charge on any atom is -0.306 e. The maximum atomic E-state index is 5.28. The fourth-order valence-electron chi connectivity index (χ4n) is 7.38. The maximum absolute atomic E-state index is 5.28. The Kier molecular flexibility index (Phi) is 6.18. The third kappa shape index (κ3) is 4.59. The minimum absolute atomic E-state index is 0.951. The predicted molar refractivity (Wildman–Crippen MR) is 205 cm³/mol. The van der Waals surface area contributed by atoms with E-state index < -0.39 is 0 Å². The third-order valence-corrected chi connectivity index (χ3v) is 9.76. The van der Waals surface area contributed by atoms with Gasteiger partial charge in [-0.05, 0) is 86.8 Å². The van der Waals surface area contributed by atoms with Crippen LogP contribution in [0.4, 0.5) is 0 Å². The number of aromatic nitrogens is 3. The monoisotopic (exact) mass is 623 g/mol. The van der Waals surface area contributed by atoms with Crippen LogP contribution in [0.15, 0.2) is 176 Å². The molecule has 0 bridgehead atoms. The number of rotatable bonds is 4. The van der Waals surface area contributed by atoms with Crippen LogP contribution in [0.2, 0.25) is 0 Å². The molecule has 3 heterocycles. The first-order valence-electron chi connectivity index (χ1n) is 16.7. The van der Waals surface area contributed by atoms with Gasteiger partial charge in [0.15, 0.2) is 0 Å². The molecule has 7 aromatic carbocycles. The normalized spacial score (nSPS) is 11.7. The molecule has 0 amide bonds. The zero-order chi connectivity index (χ0) is 32.3. The summed E-state index contributed by atoms with van der Waals surface area (Å²) in [5, 5.41) is 6.06. The topological polar surface area (TPSA) is 30.2 Å². The van der Waals surface area contributed by atoms with Crippen LogP contribution in [-0.4, -0.2) is 14.4 Å². The highest BCUT2D eigenvalue weighted by atomic mass is 14.9. The molecule has 0 aliphatic heterocycles. The molecule has 0 fully saturated rings. The Hall–Kier alpha value is -6.58. The molecule has 0 aliphatic carbocycles. The van der Waals surface area contributed by atoms with E-state index >= 15 is 0 Å². The molecule has 10 aromatic rings. The van der Waals surface area contributed by atoms with Crippen LogP contribution in [-0.2, 0) is 0 Å². The zero-order valence-electron chi connectivity index (χ0n) is 26.6. The number of hydrogen-bond donors (Lipinski definition) is 0. The Morgan fingerprint density at radius 2 is 0.959 bits per heavy atom. The van der Waals surface area contributed by atoms with Crippen molar-refractivity contribution in [1.29, 1.82) is 0 Å². The summed E-state index contributed by atoms with van der Waals surface area (Å²) in [7, 11) is 0. The van der Waals surface area contributed by atoms with Crippen LogP contribution in [0.1, 0.15) is 0 Å². The van der Waals surface area contributed by atoms with Crippen LogP contribution >= 0.6 is 0 Å². The highest BCUT2D eigenvalue weighted by Gasteiger charge is 2.17. The molecule has 49 heavy (non-hydrogen) atoms. The molecule has 0 radical (unpaired) electrons. The quantitative estimate of drug-likeness (QED) is 0.195. The molecular weight excluding hydrogens is 595 g/mol. The third-order valence-electron chi connectivity index (χ3n) is 9.76. The average Bonchev–Trinajstić information content (AvgIpc) is 3.52. The molecular formula is C46H29N3. The van der Waals surface area contributed by atoms with Crippen LogP contribution in [0.3, 0.4) is 0 Å². The highest BCUT2D eigenvalue weighted by Crippen LogP contribution is 2.39. The molecule has 3 heteroatoms. The van der Waals surface area contributed by atoms with E-state index in [9.17, 15) is 0 Å². The Bertz CT molecular complexity index is 2800. The SMILES string of the molecule is c1cc(-c2cc(-c3ccc4ccccc4c3)nc(-c3ccc4ccccc4c3)c2)cc(-c2c3ccccc3n3c2cnc2ccccc23)c1. The average molecular weight is 624 g/mol. The predicted octanol–water partition coefficient (Wildman–Crippen LogP) is 12.0. The van der Waals surface area contributed by atoms with Gasteiger partial charge in [-0.3, -0.25) is 4.98 Å². The van der Waals surface area contributed by atoms with Crippen molar-refractivity contribution in [3.05, 3.63) is 176 Å². The first-order chi connectivity index (χ1) is 24.3. The number of nitrogens with zero attached hydrogens (tertiary/aromatic N) is 3. The fourth-order valence-corrected chi connectivity index (χ4v) is 7.38. The molecule has 0 unspecified atom stereocenters. The maximum Gasteiger partial charge on any atom is 0.0871 e. The van der Waals surface area contributed by atoms with E-state index in [0.717, 1.165) is 55.8 Å². The lowest BCUT2D eigenvalue weighted by atomic mass is 9.95. The van der Waals surface area contributed by atoms with Gasteiger partial charge in [-0.25, -0.2) is 4.98 Å². The first kappa shape index (κ1) is 27.5. The molecule has 10 rings (SSSR count). The van der Waals surface area contributed by atoms with Crippen molar-refractivity contribution in [2.75, 3.05) is 0 Å². The summed E-state index contributed by atoms with van der Waals surface area (Å²) in [4.78, 5) is 10.2. The summed E-state index contributed by atoms with van der Waals surface area (Å²) in [6, 6.07) is 60.7. The number of hydrogen-bond acceptors (Lipinski definition) is 2. The van der Waals surface area contributed by atoms with E-state index in [-0.39, 0.29) is 0 Å². The summed E-state index contributed by atoms with van der Waals surface area (Å²) in [6.45, 7) is 0. The summed E-state index contributed by atoms with van der Waals surface area (Å²) in [5.41, 5.74) is 13.1. The van der Waals surface area contributed by atoms with E-state index in [1.807, 2.05) is 12.3 Å². The highest BCUT2D eigenvalue weighted by molar-refractivity contribution is 6.08. The van der Waals surface area contributed by atoms with Gasteiger partial charge in [-0.2, -0.15) is 0 Å². The van der Waals surface area contributed by atoms with Crippen molar-refractivity contribution >= 4 is 49.0 Å². The van der Waals surface area contributed by atoms with Gasteiger partial charge in [0.2, 0.25) is 0 Å². The molecule has 0 N–H and O–H groups in total. The standard InChI is InChI=1S/C46H29N3/c1-3-12-32-24-35(22-20-30(32)10-1)41-27-38(28-42(48-41)36-23-21-31-11-2-4-13-33(31)25-36)34-14-9-15-37(26-34)46-39-16-5-7-18-43(39)49-44-19-8-6-17-40(44)47-29-45(46)49/h1-29H. The van der Waals surface area contributed by atoms with Crippen LogP contribution in [0, 0.1) is 0 Å². The summed E-state index contributed by atoms with van der Waals surface area (Å²) in [5.74, 6) is 0. The largest absolute Gasteiger partial charge is 0.306 e. The second-order valence-electron chi connectivity index (χ2n) is 12.7. The van der Waals surface area contributed by atoms with Gasteiger partial charge in [-0.15, -0.1) is 0 Å². The molecule has 0 aliphatic rings. The molecule has 0 saturated carbocycles. The van der Waals surface area contributed by atoms with E-state index in [1.54, 1.807) is 0 Å². The van der Waals surface area contributed by atoms with Gasteiger partial charge in [0.05, 0.1) is 39.7 Å². The number of para-hydroxylation sites is 3. The van der Waals surface area contributed by atoms with E-state index in [2.05, 4.69) is 168 Å². The first-order valence-corrected chi connectivity index (χ1v) is 16.7.